The zero-order valence-electron chi connectivity index (χ0n) is 12.4. The van der Waals surface area contributed by atoms with Crippen molar-refractivity contribution in [3.63, 3.8) is 0 Å². The van der Waals surface area contributed by atoms with Crippen molar-refractivity contribution in [1.82, 2.24) is 14.8 Å². The molecule has 0 bridgehead atoms. The lowest BCUT2D eigenvalue weighted by atomic mass is 10.2. The summed E-state index contributed by atoms with van der Waals surface area (Å²) in [5.74, 6) is 0. The number of aromatic nitrogens is 1. The molecule has 0 unspecified atom stereocenters. The highest BCUT2D eigenvalue weighted by atomic mass is 16.2. The fraction of sp³-hybridized carbons (Fsp3) is 0.222. The van der Waals surface area contributed by atoms with E-state index in [1.165, 1.54) is 0 Å². The monoisotopic (exact) mass is 293 g/mol. The lowest BCUT2D eigenvalue weighted by molar-refractivity contribution is 0.193. The molecule has 0 spiro atoms. The Morgan fingerprint density at radius 1 is 1.00 bits per heavy atom. The van der Waals surface area contributed by atoms with Crippen LogP contribution in [0.25, 0.3) is 6.08 Å². The smallest absolute Gasteiger partial charge is 0.319 e. The van der Waals surface area contributed by atoms with Crippen LogP contribution in [0.3, 0.4) is 0 Å². The van der Waals surface area contributed by atoms with Crippen LogP contribution in [-0.2, 0) is 6.54 Å². The van der Waals surface area contributed by atoms with Crippen molar-refractivity contribution in [3.8, 4) is 0 Å². The molecule has 22 heavy (non-hydrogen) atoms. The molecule has 0 saturated carbocycles. The van der Waals surface area contributed by atoms with Gasteiger partial charge in [-0.15, -0.1) is 0 Å². The van der Waals surface area contributed by atoms with E-state index in [0.29, 0.717) is 13.1 Å². The highest BCUT2D eigenvalue weighted by molar-refractivity contribution is 5.76. The Morgan fingerprint density at radius 2 is 1.73 bits per heavy atom. The summed E-state index contributed by atoms with van der Waals surface area (Å²) < 4.78 is 0. The van der Waals surface area contributed by atoms with Gasteiger partial charge in [0.25, 0.3) is 0 Å². The largest absolute Gasteiger partial charge is 0.320 e. The second-order valence-corrected chi connectivity index (χ2v) is 5.32. The van der Waals surface area contributed by atoms with Crippen LogP contribution in [-0.4, -0.2) is 40.4 Å². The Morgan fingerprint density at radius 3 is 2.50 bits per heavy atom. The number of pyridine rings is 1. The summed E-state index contributed by atoms with van der Waals surface area (Å²) in [6, 6.07) is 14.1. The fourth-order valence-electron chi connectivity index (χ4n) is 2.54. The summed E-state index contributed by atoms with van der Waals surface area (Å²) in [6.45, 7) is 2.87. The second-order valence-electron chi connectivity index (χ2n) is 5.32. The molecule has 2 aromatic rings. The van der Waals surface area contributed by atoms with Crippen molar-refractivity contribution >= 4 is 12.1 Å². The predicted molar refractivity (Wildman–Crippen MR) is 87.1 cm³/mol. The van der Waals surface area contributed by atoms with Crippen molar-refractivity contribution in [2.75, 3.05) is 19.6 Å². The molecule has 1 aromatic heterocycles. The molecule has 0 aliphatic carbocycles. The number of rotatable bonds is 5. The number of hydrogen-bond acceptors (Lipinski definition) is 2. The van der Waals surface area contributed by atoms with E-state index in [0.717, 1.165) is 24.2 Å². The second kappa shape index (κ2) is 6.89. The number of benzene rings is 1. The Hall–Kier alpha value is -2.62. The minimum atomic E-state index is 0.106. The van der Waals surface area contributed by atoms with E-state index < -0.39 is 0 Å². The summed E-state index contributed by atoms with van der Waals surface area (Å²) >= 11 is 0. The van der Waals surface area contributed by atoms with Gasteiger partial charge in [-0.2, -0.15) is 0 Å². The van der Waals surface area contributed by atoms with Gasteiger partial charge in [0, 0.05) is 38.6 Å². The summed E-state index contributed by atoms with van der Waals surface area (Å²) in [5, 5.41) is 0. The normalized spacial score (nSPS) is 15.0. The van der Waals surface area contributed by atoms with Crippen LogP contribution in [0.15, 0.2) is 60.9 Å². The minimum absolute atomic E-state index is 0.106. The maximum atomic E-state index is 12.4. The molecule has 3 rings (SSSR count). The van der Waals surface area contributed by atoms with Gasteiger partial charge >= 0.3 is 6.03 Å². The minimum Gasteiger partial charge on any atom is -0.319 e. The van der Waals surface area contributed by atoms with Crippen LogP contribution in [0.1, 0.15) is 11.1 Å². The molecule has 0 N–H and O–H groups in total. The Bertz CT molecular complexity index is 640. The zero-order valence-corrected chi connectivity index (χ0v) is 12.4. The third-order valence-corrected chi connectivity index (χ3v) is 3.74. The molecular formula is C18H19N3O. The molecule has 4 nitrogen and oxygen atoms in total. The van der Waals surface area contributed by atoms with Crippen molar-refractivity contribution < 1.29 is 4.79 Å². The number of carbonyl (C=O) groups is 1. The number of nitrogens with zero attached hydrogens (tertiary/aromatic N) is 3. The van der Waals surface area contributed by atoms with Gasteiger partial charge in [-0.05, 0) is 23.3 Å². The van der Waals surface area contributed by atoms with Crippen LogP contribution in [0.5, 0.6) is 0 Å². The first kappa shape index (κ1) is 14.3. The maximum Gasteiger partial charge on any atom is 0.320 e. The summed E-state index contributed by atoms with van der Waals surface area (Å²) in [6.07, 6.45) is 7.62. The first-order valence-corrected chi connectivity index (χ1v) is 7.47. The van der Waals surface area contributed by atoms with Gasteiger partial charge in [-0.1, -0.05) is 42.5 Å². The number of urea groups is 1. The van der Waals surface area contributed by atoms with Gasteiger partial charge in [0.1, 0.15) is 0 Å². The van der Waals surface area contributed by atoms with Crippen molar-refractivity contribution in [2.24, 2.45) is 0 Å². The van der Waals surface area contributed by atoms with Crippen LogP contribution < -0.4 is 0 Å². The molecular weight excluding hydrogens is 274 g/mol. The van der Waals surface area contributed by atoms with E-state index in [-0.39, 0.29) is 6.03 Å². The molecule has 2 heterocycles. The Balaban J connectivity index is 1.54. The molecule has 1 aromatic carbocycles. The van der Waals surface area contributed by atoms with Gasteiger partial charge in [0.2, 0.25) is 0 Å². The number of carbonyl (C=O) groups excluding carboxylic acids is 1. The van der Waals surface area contributed by atoms with Gasteiger partial charge in [0.05, 0.1) is 0 Å². The quantitative estimate of drug-likeness (QED) is 0.849. The summed E-state index contributed by atoms with van der Waals surface area (Å²) in [4.78, 5) is 20.1. The van der Waals surface area contributed by atoms with Crippen LogP contribution in [0, 0.1) is 0 Å². The van der Waals surface area contributed by atoms with E-state index in [2.05, 4.69) is 23.2 Å². The molecule has 0 radical (unpaired) electrons. The van der Waals surface area contributed by atoms with Crippen LogP contribution in [0.4, 0.5) is 4.79 Å². The molecule has 0 atom stereocenters. The highest BCUT2D eigenvalue weighted by Crippen LogP contribution is 2.13. The first-order valence-electron chi connectivity index (χ1n) is 7.47. The van der Waals surface area contributed by atoms with Crippen LogP contribution >= 0.6 is 0 Å². The predicted octanol–water partition coefficient (Wildman–Crippen LogP) is 3.03. The van der Waals surface area contributed by atoms with E-state index in [1.807, 2.05) is 46.2 Å². The fourth-order valence-corrected chi connectivity index (χ4v) is 2.54. The van der Waals surface area contributed by atoms with Crippen molar-refractivity contribution in [2.45, 2.75) is 6.54 Å². The van der Waals surface area contributed by atoms with E-state index in [9.17, 15) is 4.79 Å². The van der Waals surface area contributed by atoms with Gasteiger partial charge in [-0.25, -0.2) is 4.79 Å². The third-order valence-electron chi connectivity index (χ3n) is 3.74. The third kappa shape index (κ3) is 3.52. The van der Waals surface area contributed by atoms with Gasteiger partial charge in [0.15, 0.2) is 0 Å². The van der Waals surface area contributed by atoms with E-state index in [1.54, 1.807) is 12.4 Å². The standard InChI is InChI=1S/C18H19N3O/c22-18-20(12-4-7-16-5-2-1-3-6-16)13-14-21(18)15-17-8-10-19-11-9-17/h1-11H,12-15H2. The maximum absolute atomic E-state index is 12.4. The van der Waals surface area contributed by atoms with Crippen molar-refractivity contribution in [3.05, 3.63) is 72.1 Å². The highest BCUT2D eigenvalue weighted by Gasteiger charge is 2.27. The first-order chi connectivity index (χ1) is 10.8. The average Bonchev–Trinajstić information content (AvgIpc) is 2.90. The molecule has 112 valence electrons. The van der Waals surface area contributed by atoms with E-state index >= 15 is 0 Å². The van der Waals surface area contributed by atoms with E-state index in [4.69, 9.17) is 0 Å². The molecule has 1 aliphatic heterocycles. The molecule has 1 aliphatic rings. The summed E-state index contributed by atoms with van der Waals surface area (Å²) in [5.41, 5.74) is 2.27. The Kier molecular flexibility index (Phi) is 4.49. The van der Waals surface area contributed by atoms with Gasteiger partial charge in [-0.3, -0.25) is 4.98 Å². The van der Waals surface area contributed by atoms with Crippen molar-refractivity contribution in [1.29, 1.82) is 0 Å². The number of amides is 2. The molecule has 1 saturated heterocycles. The van der Waals surface area contributed by atoms with Gasteiger partial charge < -0.3 is 9.80 Å². The molecule has 2 amide bonds. The SMILES string of the molecule is O=C1N(CC=Cc2ccccc2)CCN1Cc1ccncc1. The topological polar surface area (TPSA) is 36.4 Å². The Labute approximate surface area is 130 Å². The van der Waals surface area contributed by atoms with Crippen LogP contribution in [0.2, 0.25) is 0 Å². The molecule has 4 heteroatoms. The summed E-state index contributed by atoms with van der Waals surface area (Å²) in [7, 11) is 0. The molecule has 1 fully saturated rings. The number of hydrogen-bond donors (Lipinski definition) is 0. The zero-order chi connectivity index (χ0) is 15.2. The average molecular weight is 293 g/mol. The lowest BCUT2D eigenvalue weighted by Crippen LogP contribution is -2.31. The lowest BCUT2D eigenvalue weighted by Gasteiger charge is -2.17.